The van der Waals surface area contributed by atoms with Crippen LogP contribution in [0.2, 0.25) is 0 Å². The Kier molecular flexibility index (Phi) is 3.46. The van der Waals surface area contributed by atoms with E-state index in [1.807, 2.05) is 0 Å². The first-order valence-corrected chi connectivity index (χ1v) is 7.01. The molecule has 0 N–H and O–H groups in total. The molecular formula is C13H24S. The third kappa shape index (κ3) is 1.98. The molecule has 0 aromatic rings. The molecule has 0 saturated heterocycles. The number of hydrogen-bond acceptors (Lipinski definition) is 1. The van der Waals surface area contributed by atoms with Crippen LogP contribution in [0.25, 0.3) is 0 Å². The fourth-order valence-electron chi connectivity index (χ4n) is 3.88. The molecule has 0 aliphatic heterocycles. The maximum absolute atomic E-state index is 4.66. The van der Waals surface area contributed by atoms with Gasteiger partial charge in [-0.15, -0.1) is 0 Å². The summed E-state index contributed by atoms with van der Waals surface area (Å²) in [5.41, 5.74) is 0.636. The summed E-state index contributed by atoms with van der Waals surface area (Å²) < 4.78 is 0. The number of thiol groups is 1. The molecule has 0 heterocycles. The van der Waals surface area contributed by atoms with Crippen LogP contribution in [0.3, 0.4) is 0 Å². The van der Waals surface area contributed by atoms with Gasteiger partial charge in [0.15, 0.2) is 0 Å². The van der Waals surface area contributed by atoms with E-state index in [0.29, 0.717) is 5.41 Å². The van der Waals surface area contributed by atoms with Gasteiger partial charge in [0.05, 0.1) is 0 Å². The first-order chi connectivity index (χ1) is 6.77. The summed E-state index contributed by atoms with van der Waals surface area (Å²) in [5, 5.41) is 0. The van der Waals surface area contributed by atoms with E-state index in [4.69, 9.17) is 0 Å². The molecule has 2 aliphatic rings. The first kappa shape index (κ1) is 10.9. The highest BCUT2D eigenvalue weighted by Crippen LogP contribution is 2.51. The third-order valence-electron chi connectivity index (χ3n) is 4.66. The smallest absolute Gasteiger partial charge is 0.00384 e. The van der Waals surface area contributed by atoms with Crippen molar-refractivity contribution in [1.82, 2.24) is 0 Å². The van der Waals surface area contributed by atoms with Gasteiger partial charge in [-0.25, -0.2) is 0 Å². The molecule has 2 aliphatic carbocycles. The molecule has 2 fully saturated rings. The van der Waals surface area contributed by atoms with Gasteiger partial charge in [0.1, 0.15) is 0 Å². The molecule has 82 valence electrons. The van der Waals surface area contributed by atoms with E-state index in [-0.39, 0.29) is 0 Å². The molecule has 2 atom stereocenters. The topological polar surface area (TPSA) is 0 Å². The second-order valence-electron chi connectivity index (χ2n) is 5.70. The summed E-state index contributed by atoms with van der Waals surface area (Å²) in [5.74, 6) is 3.11. The lowest BCUT2D eigenvalue weighted by Gasteiger charge is -2.44. The summed E-state index contributed by atoms with van der Waals surface area (Å²) in [6, 6.07) is 0. The predicted octanol–water partition coefficient (Wildman–Crippen LogP) is 4.30. The molecule has 2 saturated carbocycles. The van der Waals surface area contributed by atoms with Crippen LogP contribution in [0.4, 0.5) is 0 Å². The Labute approximate surface area is 94.3 Å². The average Bonchev–Trinajstić information content (AvgIpc) is 2.71. The van der Waals surface area contributed by atoms with E-state index in [1.54, 1.807) is 0 Å². The summed E-state index contributed by atoms with van der Waals surface area (Å²) in [6.45, 7) is 2.44. The molecule has 0 amide bonds. The van der Waals surface area contributed by atoms with Crippen LogP contribution >= 0.6 is 12.6 Å². The zero-order valence-electron chi connectivity index (χ0n) is 9.47. The normalized spacial score (nSPS) is 40.3. The molecule has 0 radical (unpaired) electrons. The van der Waals surface area contributed by atoms with Crippen LogP contribution in [-0.4, -0.2) is 5.75 Å². The van der Waals surface area contributed by atoms with Gasteiger partial charge >= 0.3 is 0 Å². The quantitative estimate of drug-likeness (QED) is 0.648. The van der Waals surface area contributed by atoms with Crippen molar-refractivity contribution in [2.24, 2.45) is 17.3 Å². The molecule has 0 nitrogen and oxygen atoms in total. The van der Waals surface area contributed by atoms with E-state index < -0.39 is 0 Å². The van der Waals surface area contributed by atoms with Gasteiger partial charge in [0.25, 0.3) is 0 Å². The molecule has 0 spiro atoms. The van der Waals surface area contributed by atoms with E-state index >= 15 is 0 Å². The Morgan fingerprint density at radius 1 is 1.14 bits per heavy atom. The maximum atomic E-state index is 4.66. The zero-order valence-corrected chi connectivity index (χ0v) is 10.4. The fraction of sp³-hybridized carbons (Fsp3) is 1.00. The zero-order chi connectivity index (χ0) is 10.0. The molecular weight excluding hydrogens is 188 g/mol. The fourth-order valence-corrected chi connectivity index (χ4v) is 4.43. The number of hydrogen-bond donors (Lipinski definition) is 1. The van der Waals surface area contributed by atoms with Crippen LogP contribution in [0.5, 0.6) is 0 Å². The molecule has 2 rings (SSSR count). The van der Waals surface area contributed by atoms with Crippen LogP contribution in [-0.2, 0) is 0 Å². The van der Waals surface area contributed by atoms with E-state index in [9.17, 15) is 0 Å². The van der Waals surface area contributed by atoms with Crippen molar-refractivity contribution in [3.8, 4) is 0 Å². The van der Waals surface area contributed by atoms with Crippen LogP contribution < -0.4 is 0 Å². The molecule has 14 heavy (non-hydrogen) atoms. The lowest BCUT2D eigenvalue weighted by atomic mass is 9.63. The minimum Gasteiger partial charge on any atom is -0.179 e. The van der Waals surface area contributed by atoms with Gasteiger partial charge in [-0.3, -0.25) is 0 Å². The first-order valence-electron chi connectivity index (χ1n) is 6.38. The third-order valence-corrected chi connectivity index (χ3v) is 5.29. The molecule has 0 bridgehead atoms. The van der Waals surface area contributed by atoms with Crippen molar-refractivity contribution in [1.29, 1.82) is 0 Å². The summed E-state index contributed by atoms with van der Waals surface area (Å²) >= 11 is 4.66. The Bertz CT molecular complexity index is 184. The second-order valence-corrected chi connectivity index (χ2v) is 6.02. The van der Waals surface area contributed by atoms with Gasteiger partial charge in [-0.1, -0.05) is 32.6 Å². The van der Waals surface area contributed by atoms with E-state index in [1.165, 1.54) is 51.4 Å². The van der Waals surface area contributed by atoms with Crippen LogP contribution in [0.15, 0.2) is 0 Å². The highest BCUT2D eigenvalue weighted by Gasteiger charge is 2.41. The highest BCUT2D eigenvalue weighted by atomic mass is 32.1. The minimum absolute atomic E-state index is 0.636. The van der Waals surface area contributed by atoms with Gasteiger partial charge in [-0.2, -0.15) is 12.6 Å². The largest absolute Gasteiger partial charge is 0.179 e. The van der Waals surface area contributed by atoms with Gasteiger partial charge in [0.2, 0.25) is 0 Å². The predicted molar refractivity (Wildman–Crippen MR) is 65.9 cm³/mol. The minimum atomic E-state index is 0.636. The van der Waals surface area contributed by atoms with Crippen molar-refractivity contribution in [3.05, 3.63) is 0 Å². The highest BCUT2D eigenvalue weighted by molar-refractivity contribution is 7.80. The second kappa shape index (κ2) is 4.47. The van der Waals surface area contributed by atoms with Crippen molar-refractivity contribution >= 4 is 12.6 Å². The SMILES string of the molecule is CC1CCCC(CS)(C2CCCC2)C1. The van der Waals surface area contributed by atoms with Crippen molar-refractivity contribution in [2.75, 3.05) is 5.75 Å². The van der Waals surface area contributed by atoms with Crippen LogP contribution in [0, 0.1) is 17.3 Å². The lowest BCUT2D eigenvalue weighted by Crippen LogP contribution is -2.36. The van der Waals surface area contributed by atoms with Crippen molar-refractivity contribution in [3.63, 3.8) is 0 Å². The summed E-state index contributed by atoms with van der Waals surface area (Å²) in [6.07, 6.45) is 11.8. The van der Waals surface area contributed by atoms with E-state index in [0.717, 1.165) is 17.6 Å². The molecule has 0 aromatic heterocycles. The van der Waals surface area contributed by atoms with Crippen LogP contribution in [0.1, 0.15) is 58.3 Å². The molecule has 1 heteroatoms. The average molecular weight is 212 g/mol. The Morgan fingerprint density at radius 2 is 1.86 bits per heavy atom. The van der Waals surface area contributed by atoms with Gasteiger partial charge in [-0.05, 0) is 48.7 Å². The maximum Gasteiger partial charge on any atom is -0.00384 e. The Balaban J connectivity index is 2.06. The lowest BCUT2D eigenvalue weighted by molar-refractivity contribution is 0.0976. The van der Waals surface area contributed by atoms with Gasteiger partial charge < -0.3 is 0 Å². The van der Waals surface area contributed by atoms with Crippen molar-refractivity contribution < 1.29 is 0 Å². The Morgan fingerprint density at radius 3 is 2.43 bits per heavy atom. The van der Waals surface area contributed by atoms with E-state index in [2.05, 4.69) is 19.6 Å². The van der Waals surface area contributed by atoms with Gasteiger partial charge in [0, 0.05) is 0 Å². The molecule has 0 aromatic carbocycles. The monoisotopic (exact) mass is 212 g/mol. The molecule has 2 unspecified atom stereocenters. The number of rotatable bonds is 2. The Hall–Kier alpha value is 0.350. The summed E-state index contributed by atoms with van der Waals surface area (Å²) in [4.78, 5) is 0. The standard InChI is InChI=1S/C13H24S/c1-11-5-4-8-13(9-11,10-14)12-6-2-3-7-12/h11-12,14H,2-10H2,1H3. The summed E-state index contributed by atoms with van der Waals surface area (Å²) in [7, 11) is 0. The van der Waals surface area contributed by atoms with Crippen molar-refractivity contribution in [2.45, 2.75) is 58.3 Å².